The largest absolute Gasteiger partial charge is 0.487 e. The summed E-state index contributed by atoms with van der Waals surface area (Å²) in [4.78, 5) is 22.5. The Labute approximate surface area is 192 Å². The molecule has 0 saturated carbocycles. The van der Waals surface area contributed by atoms with E-state index < -0.39 is 0 Å². The first-order valence-corrected chi connectivity index (χ1v) is 11.4. The van der Waals surface area contributed by atoms with Crippen LogP contribution in [0.3, 0.4) is 0 Å². The van der Waals surface area contributed by atoms with Crippen molar-refractivity contribution >= 4 is 22.3 Å². The number of ether oxygens (including phenoxy) is 1. The zero-order valence-corrected chi connectivity index (χ0v) is 20.3. The molecule has 0 heterocycles. The van der Waals surface area contributed by atoms with Crippen LogP contribution in [-0.2, 0) is 17.8 Å². The highest BCUT2D eigenvalue weighted by molar-refractivity contribution is 6.03. The fourth-order valence-electron chi connectivity index (χ4n) is 3.01. The number of aryl methyl sites for hydroxylation is 1. The van der Waals surface area contributed by atoms with Crippen molar-refractivity contribution in [2.24, 2.45) is 5.41 Å². The molecule has 0 aliphatic carbocycles. The summed E-state index contributed by atoms with van der Waals surface area (Å²) in [5, 5.41) is 2.06. The van der Waals surface area contributed by atoms with Crippen LogP contribution in [0.4, 0.5) is 0 Å². The summed E-state index contributed by atoms with van der Waals surface area (Å²) in [6.45, 7) is 11.6. The van der Waals surface area contributed by atoms with Gasteiger partial charge in [-0.15, -0.1) is 0 Å². The van der Waals surface area contributed by atoms with Gasteiger partial charge in [0.25, 0.3) is 0 Å². The fourth-order valence-corrected chi connectivity index (χ4v) is 3.01. The summed E-state index contributed by atoms with van der Waals surface area (Å²) in [5.41, 5.74) is 2.97. The standard InChI is InChI=1S/C23H24O2.C6H12O/c1-3-4-7-18-10-12-19(13-11-18)16-25-23-21(17(2)24)15-14-20-8-5-6-9-22(20)23;1-5(7)6(2,3)4/h5-6,8-15H,3-4,7,16H2,1-2H3;1-4H3. The maximum Gasteiger partial charge on any atom is 0.163 e. The zero-order chi connectivity index (χ0) is 23.7. The van der Waals surface area contributed by atoms with Crippen molar-refractivity contribution in [2.45, 2.75) is 67.4 Å². The number of ketones is 2. The van der Waals surface area contributed by atoms with Gasteiger partial charge in [-0.2, -0.15) is 0 Å². The van der Waals surface area contributed by atoms with E-state index in [1.165, 1.54) is 18.4 Å². The minimum Gasteiger partial charge on any atom is -0.487 e. The molecule has 0 saturated heterocycles. The fraction of sp³-hybridized carbons (Fsp3) is 0.379. The molecule has 0 aliphatic heterocycles. The lowest BCUT2D eigenvalue weighted by molar-refractivity contribution is -0.124. The van der Waals surface area contributed by atoms with Gasteiger partial charge in [0.1, 0.15) is 18.1 Å². The molecule has 3 aromatic carbocycles. The van der Waals surface area contributed by atoms with Crippen molar-refractivity contribution in [1.82, 2.24) is 0 Å². The second kappa shape index (κ2) is 11.6. The van der Waals surface area contributed by atoms with E-state index >= 15 is 0 Å². The number of hydrogen-bond donors (Lipinski definition) is 0. The lowest BCUT2D eigenvalue weighted by Crippen LogP contribution is -2.15. The van der Waals surface area contributed by atoms with E-state index in [4.69, 9.17) is 4.74 Å². The average molecular weight is 433 g/mol. The van der Waals surface area contributed by atoms with Crippen LogP contribution in [0.25, 0.3) is 10.8 Å². The minimum absolute atomic E-state index is 0.0238. The van der Waals surface area contributed by atoms with Gasteiger partial charge in [-0.3, -0.25) is 9.59 Å². The molecule has 0 aromatic heterocycles. The van der Waals surface area contributed by atoms with Crippen LogP contribution in [0.1, 0.15) is 75.9 Å². The Balaban J connectivity index is 0.000000451. The van der Waals surface area contributed by atoms with E-state index in [1.807, 2.05) is 57.2 Å². The van der Waals surface area contributed by atoms with Crippen LogP contribution in [0.15, 0.2) is 60.7 Å². The first-order valence-electron chi connectivity index (χ1n) is 11.4. The molecule has 3 heteroatoms. The summed E-state index contributed by atoms with van der Waals surface area (Å²) in [6, 6.07) is 20.4. The lowest BCUT2D eigenvalue weighted by Gasteiger charge is -2.13. The molecule has 3 rings (SSSR count). The van der Waals surface area contributed by atoms with Crippen molar-refractivity contribution in [2.75, 3.05) is 0 Å². The molecule has 0 aliphatic rings. The van der Waals surface area contributed by atoms with Crippen LogP contribution in [0, 0.1) is 5.41 Å². The highest BCUT2D eigenvalue weighted by Crippen LogP contribution is 2.31. The van der Waals surface area contributed by atoms with Gasteiger partial charge in [0.05, 0.1) is 5.56 Å². The van der Waals surface area contributed by atoms with Crippen molar-refractivity contribution in [3.8, 4) is 5.75 Å². The van der Waals surface area contributed by atoms with Gasteiger partial charge in [0.2, 0.25) is 0 Å². The normalized spacial score (nSPS) is 10.9. The number of rotatable bonds is 7. The Bertz CT molecular complexity index is 1040. The molecule has 0 spiro atoms. The maximum atomic E-state index is 12.0. The Kier molecular flexibility index (Phi) is 9.19. The topological polar surface area (TPSA) is 43.4 Å². The Morgan fingerprint density at radius 3 is 2.00 bits per heavy atom. The smallest absolute Gasteiger partial charge is 0.163 e. The first-order chi connectivity index (χ1) is 15.1. The molecule has 170 valence electrons. The second-order valence-electron chi connectivity index (χ2n) is 9.23. The summed E-state index contributed by atoms with van der Waals surface area (Å²) >= 11 is 0. The average Bonchev–Trinajstić information content (AvgIpc) is 2.76. The van der Waals surface area contributed by atoms with Gasteiger partial charge in [0.15, 0.2) is 5.78 Å². The monoisotopic (exact) mass is 432 g/mol. The Hall–Kier alpha value is -2.94. The predicted molar refractivity (Wildman–Crippen MR) is 133 cm³/mol. The first kappa shape index (κ1) is 25.3. The van der Waals surface area contributed by atoms with Gasteiger partial charge in [-0.05, 0) is 49.3 Å². The number of unbranched alkanes of at least 4 members (excludes halogenated alkanes) is 1. The van der Waals surface area contributed by atoms with Gasteiger partial charge < -0.3 is 4.74 Å². The Morgan fingerprint density at radius 2 is 1.44 bits per heavy atom. The molecular weight excluding hydrogens is 396 g/mol. The van der Waals surface area contributed by atoms with Crippen molar-refractivity contribution in [3.05, 3.63) is 77.4 Å². The number of carbonyl (C=O) groups excluding carboxylic acids is 2. The molecule has 0 atom stereocenters. The highest BCUT2D eigenvalue weighted by Gasteiger charge is 2.15. The van der Waals surface area contributed by atoms with E-state index in [2.05, 4.69) is 31.2 Å². The summed E-state index contributed by atoms with van der Waals surface area (Å²) in [5.74, 6) is 0.948. The molecule has 0 bridgehead atoms. The van der Waals surface area contributed by atoms with Gasteiger partial charge in [-0.1, -0.05) is 88.7 Å². The summed E-state index contributed by atoms with van der Waals surface area (Å²) in [7, 11) is 0. The molecule has 0 unspecified atom stereocenters. The van der Waals surface area contributed by atoms with E-state index in [-0.39, 0.29) is 17.0 Å². The molecule has 32 heavy (non-hydrogen) atoms. The maximum absolute atomic E-state index is 12.0. The molecule has 3 nitrogen and oxygen atoms in total. The summed E-state index contributed by atoms with van der Waals surface area (Å²) < 4.78 is 6.10. The van der Waals surface area contributed by atoms with Crippen LogP contribution in [0.2, 0.25) is 0 Å². The number of hydrogen-bond acceptors (Lipinski definition) is 3. The van der Waals surface area contributed by atoms with Gasteiger partial charge in [-0.25, -0.2) is 0 Å². The third kappa shape index (κ3) is 7.33. The molecule has 0 N–H and O–H groups in total. The minimum atomic E-state index is -0.139. The predicted octanol–water partition coefficient (Wildman–Crippen LogP) is 7.59. The van der Waals surface area contributed by atoms with E-state index in [1.54, 1.807) is 13.8 Å². The quantitative estimate of drug-likeness (QED) is 0.361. The van der Waals surface area contributed by atoms with E-state index in [0.29, 0.717) is 17.9 Å². The van der Waals surface area contributed by atoms with Crippen molar-refractivity contribution in [3.63, 3.8) is 0 Å². The third-order valence-corrected chi connectivity index (χ3v) is 5.54. The van der Waals surface area contributed by atoms with E-state index in [0.717, 1.165) is 22.8 Å². The van der Waals surface area contributed by atoms with Gasteiger partial charge >= 0.3 is 0 Å². The van der Waals surface area contributed by atoms with Crippen molar-refractivity contribution in [1.29, 1.82) is 0 Å². The number of Topliss-reactive ketones (excluding diaryl/α,β-unsaturated/α-hetero) is 2. The summed E-state index contributed by atoms with van der Waals surface area (Å²) in [6.07, 6.45) is 3.54. The van der Waals surface area contributed by atoms with E-state index in [9.17, 15) is 9.59 Å². The zero-order valence-electron chi connectivity index (χ0n) is 20.3. The van der Waals surface area contributed by atoms with Crippen molar-refractivity contribution < 1.29 is 14.3 Å². The number of fused-ring (bicyclic) bond motifs is 1. The third-order valence-electron chi connectivity index (χ3n) is 5.54. The lowest BCUT2D eigenvalue weighted by atomic mass is 9.92. The SMILES string of the molecule is CC(=O)C(C)(C)C.CCCCc1ccc(COc2c(C(C)=O)ccc3ccccc23)cc1. The van der Waals surface area contributed by atoms with Crippen LogP contribution >= 0.6 is 0 Å². The molecule has 0 fully saturated rings. The number of carbonyl (C=O) groups is 2. The molecule has 0 radical (unpaired) electrons. The van der Waals surface area contributed by atoms with Crippen LogP contribution in [0.5, 0.6) is 5.75 Å². The molecular formula is C29H36O3. The molecule has 0 amide bonds. The Morgan fingerprint density at radius 1 is 0.844 bits per heavy atom. The highest BCUT2D eigenvalue weighted by atomic mass is 16.5. The van der Waals surface area contributed by atoms with Crippen LogP contribution in [-0.4, -0.2) is 11.6 Å². The van der Waals surface area contributed by atoms with Gasteiger partial charge in [0, 0.05) is 10.8 Å². The second-order valence-corrected chi connectivity index (χ2v) is 9.23. The van der Waals surface area contributed by atoms with Crippen LogP contribution < -0.4 is 4.74 Å². The molecule has 3 aromatic rings. The number of benzene rings is 3.